The third-order valence-electron chi connectivity index (χ3n) is 3.31. The number of nitrogens with one attached hydrogen (secondary N) is 1. The number of rotatable bonds is 8. The molecule has 0 saturated carbocycles. The van der Waals surface area contributed by atoms with Crippen LogP contribution in [0.5, 0.6) is 0 Å². The Morgan fingerprint density at radius 1 is 1.14 bits per heavy atom. The Morgan fingerprint density at radius 2 is 1.81 bits per heavy atom. The summed E-state index contributed by atoms with van der Waals surface area (Å²) in [5, 5.41) is 2.74. The van der Waals surface area contributed by atoms with Gasteiger partial charge in [-0.15, -0.1) is 0 Å². The minimum Gasteiger partial charge on any atom is -0.466 e. The van der Waals surface area contributed by atoms with E-state index in [4.69, 9.17) is 0 Å². The molecule has 1 rings (SSSR count). The van der Waals surface area contributed by atoms with E-state index >= 15 is 0 Å². The van der Waals surface area contributed by atoms with Crippen LogP contribution in [0.4, 0.5) is 0 Å². The molecule has 6 heteroatoms. The molecule has 0 bridgehead atoms. The number of esters is 2. The van der Waals surface area contributed by atoms with Gasteiger partial charge in [-0.25, -0.2) is 9.59 Å². The van der Waals surface area contributed by atoms with Gasteiger partial charge in [0.2, 0.25) is 5.91 Å². The average Bonchev–Trinajstić information content (AvgIpc) is 2.49. The third-order valence-corrected chi connectivity index (χ3v) is 3.31. The summed E-state index contributed by atoms with van der Waals surface area (Å²) in [6, 6.07) is -0.0952. The molecule has 0 aromatic carbocycles. The highest BCUT2D eigenvalue weighted by Crippen LogP contribution is 2.23. The van der Waals surface area contributed by atoms with Crippen LogP contribution in [-0.4, -0.2) is 38.1 Å². The normalized spacial score (nSPS) is 21.1. The number of hydrogen-bond donors (Lipinski definition) is 1. The summed E-state index contributed by atoms with van der Waals surface area (Å²) in [6.07, 6.45) is 9.46. The van der Waals surface area contributed by atoms with E-state index in [1.165, 1.54) is 26.4 Å². The van der Waals surface area contributed by atoms with Crippen molar-refractivity contribution in [3.05, 3.63) is 24.3 Å². The maximum atomic E-state index is 11.5. The molecule has 1 aliphatic rings. The van der Waals surface area contributed by atoms with Gasteiger partial charge >= 0.3 is 11.9 Å². The number of hydrogen-bond acceptors (Lipinski definition) is 5. The van der Waals surface area contributed by atoms with Gasteiger partial charge in [-0.2, -0.15) is 0 Å². The first-order valence-corrected chi connectivity index (χ1v) is 6.89. The number of methoxy groups -OCH3 is 2. The molecule has 21 heavy (non-hydrogen) atoms. The molecule has 0 aromatic heterocycles. The summed E-state index contributed by atoms with van der Waals surface area (Å²) in [5.74, 6) is -0.862. The number of allylic oxidation sites excluding steroid dienone is 1. The van der Waals surface area contributed by atoms with Crippen LogP contribution in [0.3, 0.4) is 0 Å². The van der Waals surface area contributed by atoms with Crippen molar-refractivity contribution in [1.29, 1.82) is 0 Å². The third kappa shape index (κ3) is 5.81. The number of ether oxygens (including phenoxy) is 2. The zero-order chi connectivity index (χ0) is 15.7. The van der Waals surface area contributed by atoms with Crippen LogP contribution in [0.2, 0.25) is 0 Å². The van der Waals surface area contributed by atoms with E-state index in [0.717, 1.165) is 25.7 Å². The standard InChI is InChI=1S/C15H21NO5/c1-20-13(17)8-6-4-3-5-7-11-12(16-15(11)19)9-10-14(18)21-2/h6,8-12H,3-5,7H2,1-2H3,(H,16,19)/b8-6+,10-9+/t11-,12+/m1/s1. The Kier molecular flexibility index (Phi) is 7.21. The maximum Gasteiger partial charge on any atom is 0.330 e. The van der Waals surface area contributed by atoms with Crippen LogP contribution in [0.25, 0.3) is 0 Å². The molecule has 0 radical (unpaired) electrons. The Bertz CT molecular complexity index is 441. The molecular formula is C15H21NO5. The van der Waals surface area contributed by atoms with Crippen molar-refractivity contribution in [2.75, 3.05) is 14.2 Å². The van der Waals surface area contributed by atoms with Gasteiger partial charge in [0.15, 0.2) is 0 Å². The number of β-lactam (4-membered cyclic amide) rings is 1. The van der Waals surface area contributed by atoms with Crippen LogP contribution in [0.1, 0.15) is 25.7 Å². The number of carbonyl (C=O) groups excluding carboxylic acids is 3. The molecule has 1 N–H and O–H groups in total. The second kappa shape index (κ2) is 8.94. The molecule has 1 amide bonds. The van der Waals surface area contributed by atoms with Crippen LogP contribution < -0.4 is 5.32 Å². The van der Waals surface area contributed by atoms with Gasteiger partial charge in [0.1, 0.15) is 0 Å². The summed E-state index contributed by atoms with van der Waals surface area (Å²) in [5.41, 5.74) is 0. The molecular weight excluding hydrogens is 274 g/mol. The number of carbonyl (C=O) groups is 3. The predicted molar refractivity (Wildman–Crippen MR) is 76.2 cm³/mol. The van der Waals surface area contributed by atoms with E-state index in [1.54, 1.807) is 12.2 Å². The lowest BCUT2D eigenvalue weighted by Gasteiger charge is -2.34. The Hall–Kier alpha value is -2.11. The first-order chi connectivity index (χ1) is 10.1. The van der Waals surface area contributed by atoms with Gasteiger partial charge in [0.25, 0.3) is 0 Å². The summed E-state index contributed by atoms with van der Waals surface area (Å²) < 4.78 is 8.98. The van der Waals surface area contributed by atoms with E-state index in [1.807, 2.05) is 0 Å². The zero-order valence-electron chi connectivity index (χ0n) is 12.3. The topological polar surface area (TPSA) is 81.7 Å². The van der Waals surface area contributed by atoms with Crippen molar-refractivity contribution >= 4 is 17.8 Å². The van der Waals surface area contributed by atoms with E-state index in [0.29, 0.717) is 0 Å². The quantitative estimate of drug-likeness (QED) is 0.314. The maximum absolute atomic E-state index is 11.5. The fraction of sp³-hybridized carbons (Fsp3) is 0.533. The molecule has 1 aliphatic heterocycles. The highest BCUT2D eigenvalue weighted by atomic mass is 16.5. The van der Waals surface area contributed by atoms with E-state index < -0.39 is 5.97 Å². The second-order valence-electron chi connectivity index (χ2n) is 4.73. The van der Waals surface area contributed by atoms with Crippen LogP contribution >= 0.6 is 0 Å². The molecule has 0 aromatic rings. The van der Waals surface area contributed by atoms with Crippen molar-refractivity contribution in [3.8, 4) is 0 Å². The van der Waals surface area contributed by atoms with Crippen molar-refractivity contribution in [2.45, 2.75) is 31.7 Å². The first kappa shape index (κ1) is 16.9. The summed E-state index contributed by atoms with van der Waals surface area (Å²) in [6.45, 7) is 0. The molecule has 6 nitrogen and oxygen atoms in total. The van der Waals surface area contributed by atoms with Crippen molar-refractivity contribution in [3.63, 3.8) is 0 Å². The van der Waals surface area contributed by atoms with Crippen molar-refractivity contribution in [1.82, 2.24) is 5.32 Å². The molecule has 2 atom stereocenters. The number of unbranched alkanes of at least 4 members (excludes halogenated alkanes) is 2. The van der Waals surface area contributed by atoms with Crippen LogP contribution in [-0.2, 0) is 23.9 Å². The molecule has 116 valence electrons. The summed E-state index contributed by atoms with van der Waals surface area (Å²) >= 11 is 0. The lowest BCUT2D eigenvalue weighted by molar-refractivity contribution is -0.136. The van der Waals surface area contributed by atoms with Gasteiger partial charge in [-0.3, -0.25) is 4.79 Å². The fourth-order valence-corrected chi connectivity index (χ4v) is 2.06. The van der Waals surface area contributed by atoms with Gasteiger partial charge < -0.3 is 14.8 Å². The van der Waals surface area contributed by atoms with Gasteiger partial charge in [-0.1, -0.05) is 18.6 Å². The zero-order valence-corrected chi connectivity index (χ0v) is 12.3. The molecule has 0 spiro atoms. The fourth-order valence-electron chi connectivity index (χ4n) is 2.06. The summed E-state index contributed by atoms with van der Waals surface area (Å²) in [4.78, 5) is 33.3. The molecule has 1 heterocycles. The minimum atomic E-state index is -0.428. The second-order valence-corrected chi connectivity index (χ2v) is 4.73. The van der Waals surface area contributed by atoms with E-state index in [9.17, 15) is 14.4 Å². The first-order valence-electron chi connectivity index (χ1n) is 6.89. The highest BCUT2D eigenvalue weighted by Gasteiger charge is 2.36. The number of amides is 1. The molecule has 0 unspecified atom stereocenters. The highest BCUT2D eigenvalue weighted by molar-refractivity contribution is 5.88. The smallest absolute Gasteiger partial charge is 0.330 e. The molecule has 1 saturated heterocycles. The SMILES string of the molecule is COC(=O)/C=C/CCCC[C@H]1C(=O)N[C@H]1/C=C/C(=O)OC. The van der Waals surface area contributed by atoms with Crippen molar-refractivity contribution in [2.24, 2.45) is 5.92 Å². The van der Waals surface area contributed by atoms with Crippen LogP contribution in [0.15, 0.2) is 24.3 Å². The van der Waals surface area contributed by atoms with Gasteiger partial charge in [0, 0.05) is 12.2 Å². The Morgan fingerprint density at radius 3 is 2.43 bits per heavy atom. The van der Waals surface area contributed by atoms with E-state index in [-0.39, 0.29) is 23.8 Å². The summed E-state index contributed by atoms with van der Waals surface area (Å²) in [7, 11) is 2.65. The molecule has 1 fully saturated rings. The largest absolute Gasteiger partial charge is 0.466 e. The monoisotopic (exact) mass is 295 g/mol. The van der Waals surface area contributed by atoms with Crippen LogP contribution in [0, 0.1) is 5.92 Å². The average molecular weight is 295 g/mol. The lowest BCUT2D eigenvalue weighted by Crippen LogP contribution is -2.57. The Balaban J connectivity index is 2.23. The molecule has 0 aliphatic carbocycles. The van der Waals surface area contributed by atoms with E-state index in [2.05, 4.69) is 14.8 Å². The lowest BCUT2D eigenvalue weighted by atomic mass is 9.85. The van der Waals surface area contributed by atoms with Gasteiger partial charge in [0.05, 0.1) is 26.2 Å². The van der Waals surface area contributed by atoms with Gasteiger partial charge in [-0.05, 0) is 19.3 Å². The predicted octanol–water partition coefficient (Wildman–Crippen LogP) is 1.12. The Labute approximate surface area is 124 Å². The van der Waals surface area contributed by atoms with Crippen molar-refractivity contribution < 1.29 is 23.9 Å². The minimum absolute atomic E-state index is 0.0135.